The summed E-state index contributed by atoms with van der Waals surface area (Å²) in [6.07, 6.45) is 3.80. The van der Waals surface area contributed by atoms with Crippen molar-refractivity contribution in [2.24, 2.45) is 4.99 Å². The summed E-state index contributed by atoms with van der Waals surface area (Å²) in [4.78, 5) is 7.01. The highest BCUT2D eigenvalue weighted by Gasteiger charge is 2.06. The zero-order chi connectivity index (χ0) is 21.2. The third-order valence-electron chi connectivity index (χ3n) is 4.81. The summed E-state index contributed by atoms with van der Waals surface area (Å²) in [5.41, 5.74) is 5.06. The van der Waals surface area contributed by atoms with Crippen LogP contribution in [0.3, 0.4) is 0 Å². The summed E-state index contributed by atoms with van der Waals surface area (Å²) < 4.78 is 1.94. The summed E-state index contributed by atoms with van der Waals surface area (Å²) in [5, 5.41) is 11.2. The zero-order valence-electron chi connectivity index (χ0n) is 18.6. The van der Waals surface area contributed by atoms with Crippen molar-refractivity contribution in [3.8, 4) is 0 Å². The highest BCUT2D eigenvalue weighted by Crippen LogP contribution is 2.12. The Morgan fingerprint density at radius 2 is 1.61 bits per heavy atom. The minimum absolute atomic E-state index is 0. The van der Waals surface area contributed by atoms with Gasteiger partial charge in [0.15, 0.2) is 5.96 Å². The first kappa shape index (κ1) is 24.9. The van der Waals surface area contributed by atoms with E-state index in [1.54, 1.807) is 0 Å². The van der Waals surface area contributed by atoms with Crippen molar-refractivity contribution in [2.75, 3.05) is 20.6 Å². The second-order valence-electron chi connectivity index (χ2n) is 7.53. The smallest absolute Gasteiger partial charge is 0.191 e. The Morgan fingerprint density at radius 3 is 2.26 bits per heavy atom. The van der Waals surface area contributed by atoms with Gasteiger partial charge in [-0.2, -0.15) is 5.10 Å². The third kappa shape index (κ3) is 7.99. The molecule has 0 aliphatic rings. The van der Waals surface area contributed by atoms with Crippen molar-refractivity contribution in [1.82, 2.24) is 25.3 Å². The zero-order valence-corrected chi connectivity index (χ0v) is 20.9. The van der Waals surface area contributed by atoms with Crippen molar-refractivity contribution in [3.05, 3.63) is 89.2 Å². The normalized spacial score (nSPS) is 11.3. The monoisotopic (exact) mass is 532 g/mol. The fourth-order valence-electron chi connectivity index (χ4n) is 3.34. The second-order valence-corrected chi connectivity index (χ2v) is 7.53. The standard InChI is InChI=1S/C24H32N6.HI/c1-4-25-24(26-16-20-10-5-7-12-22(20)18-29(2)3)27-17-21-11-6-8-13-23(21)19-30-15-9-14-28-30;/h5-15H,4,16-19H2,1-3H3,(H2,25,26,27);1H. The number of aliphatic imine (C=N–C) groups is 1. The molecule has 1 heterocycles. The molecule has 0 saturated carbocycles. The van der Waals surface area contributed by atoms with Gasteiger partial charge in [-0.15, -0.1) is 24.0 Å². The lowest BCUT2D eigenvalue weighted by atomic mass is 10.1. The molecule has 0 radical (unpaired) electrons. The maximum absolute atomic E-state index is 4.83. The number of nitrogens with one attached hydrogen (secondary N) is 2. The number of halogens is 1. The molecule has 31 heavy (non-hydrogen) atoms. The van der Waals surface area contributed by atoms with Crippen molar-refractivity contribution in [2.45, 2.75) is 33.1 Å². The van der Waals surface area contributed by atoms with Gasteiger partial charge in [-0.3, -0.25) is 4.68 Å². The Balaban J connectivity index is 0.00000341. The number of hydrogen-bond donors (Lipinski definition) is 2. The molecule has 0 aliphatic carbocycles. The Kier molecular flexibility index (Phi) is 10.5. The predicted molar refractivity (Wildman–Crippen MR) is 139 cm³/mol. The number of rotatable bonds is 9. The maximum atomic E-state index is 4.83. The van der Waals surface area contributed by atoms with E-state index in [0.717, 1.165) is 25.6 Å². The van der Waals surface area contributed by atoms with E-state index in [4.69, 9.17) is 4.99 Å². The third-order valence-corrected chi connectivity index (χ3v) is 4.81. The van der Waals surface area contributed by atoms with Crippen LogP contribution in [0.2, 0.25) is 0 Å². The number of hydrogen-bond acceptors (Lipinski definition) is 3. The lowest BCUT2D eigenvalue weighted by molar-refractivity contribution is 0.401. The summed E-state index contributed by atoms with van der Waals surface area (Å²) in [7, 11) is 4.18. The van der Waals surface area contributed by atoms with Crippen LogP contribution in [-0.4, -0.2) is 41.3 Å². The average molecular weight is 532 g/mol. The summed E-state index contributed by atoms with van der Waals surface area (Å²) in [5.74, 6) is 0.825. The molecule has 2 aromatic carbocycles. The molecule has 6 nitrogen and oxygen atoms in total. The average Bonchev–Trinajstić information content (AvgIpc) is 3.25. The van der Waals surface area contributed by atoms with Gasteiger partial charge in [0, 0.05) is 32.0 Å². The Labute approximate surface area is 202 Å². The van der Waals surface area contributed by atoms with E-state index in [1.165, 1.54) is 22.3 Å². The van der Waals surface area contributed by atoms with Crippen LogP contribution in [0.5, 0.6) is 0 Å². The Hall–Kier alpha value is -2.39. The lowest BCUT2D eigenvalue weighted by Gasteiger charge is -2.16. The van der Waals surface area contributed by atoms with Gasteiger partial charge in [0.2, 0.25) is 0 Å². The van der Waals surface area contributed by atoms with Crippen molar-refractivity contribution in [1.29, 1.82) is 0 Å². The van der Waals surface area contributed by atoms with Crippen LogP contribution in [0.15, 0.2) is 72.0 Å². The molecule has 0 aliphatic heterocycles. The largest absolute Gasteiger partial charge is 0.357 e. The first-order chi connectivity index (χ1) is 14.7. The number of benzene rings is 2. The van der Waals surface area contributed by atoms with Crippen LogP contribution in [0.4, 0.5) is 0 Å². The number of nitrogens with zero attached hydrogens (tertiary/aromatic N) is 4. The van der Waals surface area contributed by atoms with Crippen LogP contribution in [0.25, 0.3) is 0 Å². The fraction of sp³-hybridized carbons (Fsp3) is 0.333. The van der Waals surface area contributed by atoms with Crippen LogP contribution in [-0.2, 0) is 26.2 Å². The summed E-state index contributed by atoms with van der Waals surface area (Å²) in [6, 6.07) is 18.9. The molecule has 0 fully saturated rings. The van der Waals surface area contributed by atoms with Gasteiger partial charge >= 0.3 is 0 Å². The van der Waals surface area contributed by atoms with Gasteiger partial charge in [0.25, 0.3) is 0 Å². The molecule has 0 amide bonds. The molecule has 0 spiro atoms. The second kappa shape index (κ2) is 13.1. The summed E-state index contributed by atoms with van der Waals surface area (Å²) >= 11 is 0. The van der Waals surface area contributed by atoms with Crippen LogP contribution >= 0.6 is 24.0 Å². The highest BCUT2D eigenvalue weighted by atomic mass is 127. The van der Waals surface area contributed by atoms with Gasteiger partial charge in [0.1, 0.15) is 0 Å². The van der Waals surface area contributed by atoms with Gasteiger partial charge < -0.3 is 15.5 Å². The molecule has 1 aromatic heterocycles. The van der Waals surface area contributed by atoms with E-state index < -0.39 is 0 Å². The van der Waals surface area contributed by atoms with Crippen molar-refractivity contribution in [3.63, 3.8) is 0 Å². The van der Waals surface area contributed by atoms with Crippen LogP contribution in [0.1, 0.15) is 29.2 Å². The van der Waals surface area contributed by atoms with Crippen molar-refractivity contribution >= 4 is 29.9 Å². The highest BCUT2D eigenvalue weighted by molar-refractivity contribution is 14.0. The first-order valence-corrected chi connectivity index (χ1v) is 10.4. The van der Waals surface area contributed by atoms with Crippen molar-refractivity contribution < 1.29 is 0 Å². The van der Waals surface area contributed by atoms with Gasteiger partial charge in [-0.1, -0.05) is 48.5 Å². The summed E-state index contributed by atoms with van der Waals surface area (Å²) in [6.45, 7) is 5.94. The fourth-order valence-corrected chi connectivity index (χ4v) is 3.34. The predicted octanol–water partition coefficient (Wildman–Crippen LogP) is 3.87. The number of aromatic nitrogens is 2. The molecule has 166 valence electrons. The van der Waals surface area contributed by atoms with E-state index in [0.29, 0.717) is 13.1 Å². The number of guanidine groups is 1. The quantitative estimate of drug-likeness (QED) is 0.250. The van der Waals surface area contributed by atoms with E-state index in [-0.39, 0.29) is 24.0 Å². The Bertz CT molecular complexity index is 937. The minimum atomic E-state index is 0. The maximum Gasteiger partial charge on any atom is 0.191 e. The SMILES string of the molecule is CCNC(=NCc1ccccc1CN(C)C)NCc1ccccc1Cn1cccn1.I. The minimum Gasteiger partial charge on any atom is -0.357 e. The Morgan fingerprint density at radius 1 is 0.935 bits per heavy atom. The van der Waals surface area contributed by atoms with E-state index >= 15 is 0 Å². The molecule has 3 rings (SSSR count). The van der Waals surface area contributed by atoms with Crippen LogP contribution < -0.4 is 10.6 Å². The lowest BCUT2D eigenvalue weighted by Crippen LogP contribution is -2.37. The molecular weight excluding hydrogens is 499 g/mol. The van der Waals surface area contributed by atoms with Gasteiger partial charge in [0.05, 0.1) is 13.1 Å². The molecule has 0 unspecified atom stereocenters. The molecule has 2 N–H and O–H groups in total. The molecule has 7 heteroatoms. The molecule has 0 atom stereocenters. The van der Waals surface area contributed by atoms with E-state index in [2.05, 4.69) is 90.2 Å². The molecular formula is C24H33IN6. The van der Waals surface area contributed by atoms with E-state index in [9.17, 15) is 0 Å². The first-order valence-electron chi connectivity index (χ1n) is 10.4. The molecule has 3 aromatic rings. The van der Waals surface area contributed by atoms with E-state index in [1.807, 2.05) is 23.1 Å². The topological polar surface area (TPSA) is 57.5 Å². The van der Waals surface area contributed by atoms with Crippen LogP contribution in [0, 0.1) is 0 Å². The van der Waals surface area contributed by atoms with Gasteiger partial charge in [-0.25, -0.2) is 4.99 Å². The molecule has 0 saturated heterocycles. The molecule has 0 bridgehead atoms. The van der Waals surface area contributed by atoms with Gasteiger partial charge in [-0.05, 0) is 49.3 Å².